The van der Waals surface area contributed by atoms with Crippen molar-refractivity contribution >= 4 is 0 Å². The molecule has 1 atom stereocenters. The van der Waals surface area contributed by atoms with Gasteiger partial charge in [0.15, 0.2) is 0 Å². The van der Waals surface area contributed by atoms with Crippen molar-refractivity contribution in [1.82, 2.24) is 0 Å². The Kier molecular flexibility index (Phi) is 5.97. The zero-order chi connectivity index (χ0) is 9.36. The van der Waals surface area contributed by atoms with Crippen molar-refractivity contribution in [3.63, 3.8) is 0 Å². The Hall–Kier alpha value is -0.260. The summed E-state index contributed by atoms with van der Waals surface area (Å²) < 4.78 is 0. The second kappa shape index (κ2) is 7.17. The SMILES string of the molecule is CC=CCC1C[CH]CCCCCC1. The molecule has 1 rings (SSSR count). The van der Waals surface area contributed by atoms with Gasteiger partial charge in [0.25, 0.3) is 0 Å². The zero-order valence-electron chi connectivity index (χ0n) is 8.97. The van der Waals surface area contributed by atoms with Crippen LogP contribution in [0.5, 0.6) is 0 Å². The van der Waals surface area contributed by atoms with Crippen LogP contribution in [0.2, 0.25) is 0 Å². The van der Waals surface area contributed by atoms with Gasteiger partial charge in [-0.1, -0.05) is 50.7 Å². The van der Waals surface area contributed by atoms with Crippen molar-refractivity contribution in [2.75, 3.05) is 0 Å². The molecule has 75 valence electrons. The molecule has 1 aliphatic rings. The van der Waals surface area contributed by atoms with E-state index in [-0.39, 0.29) is 0 Å². The van der Waals surface area contributed by atoms with E-state index in [1.165, 1.54) is 51.4 Å². The monoisotopic (exact) mass is 179 g/mol. The normalized spacial score (nSPS) is 22.5. The van der Waals surface area contributed by atoms with E-state index in [1.54, 1.807) is 0 Å². The van der Waals surface area contributed by atoms with Crippen LogP contribution in [-0.2, 0) is 0 Å². The zero-order valence-corrected chi connectivity index (χ0v) is 8.97. The van der Waals surface area contributed by atoms with E-state index in [2.05, 4.69) is 25.5 Å². The lowest BCUT2D eigenvalue weighted by Gasteiger charge is -2.12. The van der Waals surface area contributed by atoms with Crippen LogP contribution in [0.15, 0.2) is 12.2 Å². The quantitative estimate of drug-likeness (QED) is 0.547. The summed E-state index contributed by atoms with van der Waals surface area (Å²) >= 11 is 0. The van der Waals surface area contributed by atoms with Crippen molar-refractivity contribution in [3.8, 4) is 0 Å². The molecule has 0 saturated heterocycles. The third kappa shape index (κ3) is 5.13. The lowest BCUT2D eigenvalue weighted by Crippen LogP contribution is -1.98. The van der Waals surface area contributed by atoms with Crippen LogP contribution < -0.4 is 0 Å². The molecule has 1 saturated carbocycles. The Morgan fingerprint density at radius 2 is 2.08 bits per heavy atom. The first-order valence-corrected chi connectivity index (χ1v) is 5.86. The van der Waals surface area contributed by atoms with Gasteiger partial charge in [-0.15, -0.1) is 0 Å². The molecule has 0 aromatic rings. The predicted octanol–water partition coefficient (Wildman–Crippen LogP) is 4.52. The van der Waals surface area contributed by atoms with Gasteiger partial charge in [-0.2, -0.15) is 0 Å². The molecular weight excluding hydrogens is 156 g/mol. The highest BCUT2D eigenvalue weighted by Crippen LogP contribution is 2.23. The molecule has 0 heteroatoms. The van der Waals surface area contributed by atoms with E-state index in [0.717, 1.165) is 5.92 Å². The Balaban J connectivity index is 2.23. The summed E-state index contributed by atoms with van der Waals surface area (Å²) in [4.78, 5) is 0. The van der Waals surface area contributed by atoms with Crippen LogP contribution in [0.3, 0.4) is 0 Å². The standard InChI is InChI=1S/C13H23/c1-2-3-10-13-11-8-6-4-5-7-9-12-13/h2-3,8,13H,4-7,9-12H2,1H3. The predicted molar refractivity (Wildman–Crippen MR) is 59.5 cm³/mol. The molecule has 0 bridgehead atoms. The number of rotatable bonds is 2. The van der Waals surface area contributed by atoms with Crippen molar-refractivity contribution in [2.24, 2.45) is 5.92 Å². The Labute approximate surface area is 83.4 Å². The van der Waals surface area contributed by atoms with E-state index in [4.69, 9.17) is 0 Å². The maximum Gasteiger partial charge on any atom is -0.0322 e. The van der Waals surface area contributed by atoms with Gasteiger partial charge in [0, 0.05) is 0 Å². The van der Waals surface area contributed by atoms with Gasteiger partial charge in [0.2, 0.25) is 0 Å². The van der Waals surface area contributed by atoms with Gasteiger partial charge >= 0.3 is 0 Å². The molecule has 0 aliphatic heterocycles. The first kappa shape index (κ1) is 10.8. The molecule has 0 aromatic heterocycles. The van der Waals surface area contributed by atoms with Crippen LogP contribution in [-0.4, -0.2) is 0 Å². The smallest absolute Gasteiger partial charge is 0.0322 e. The minimum absolute atomic E-state index is 0.939. The van der Waals surface area contributed by atoms with E-state index >= 15 is 0 Å². The van der Waals surface area contributed by atoms with Crippen molar-refractivity contribution in [1.29, 1.82) is 0 Å². The van der Waals surface area contributed by atoms with Gasteiger partial charge in [-0.25, -0.2) is 0 Å². The maximum absolute atomic E-state index is 2.51. The summed E-state index contributed by atoms with van der Waals surface area (Å²) in [7, 11) is 0. The minimum Gasteiger partial charge on any atom is -0.0917 e. The summed E-state index contributed by atoms with van der Waals surface area (Å²) in [6.45, 7) is 2.12. The highest BCUT2D eigenvalue weighted by molar-refractivity contribution is 4.83. The van der Waals surface area contributed by atoms with Gasteiger partial charge in [-0.05, 0) is 32.1 Å². The maximum atomic E-state index is 2.51. The molecule has 1 unspecified atom stereocenters. The molecule has 1 radical (unpaired) electrons. The van der Waals surface area contributed by atoms with Gasteiger partial charge in [-0.3, -0.25) is 0 Å². The van der Waals surface area contributed by atoms with Crippen molar-refractivity contribution in [3.05, 3.63) is 18.6 Å². The van der Waals surface area contributed by atoms with E-state index < -0.39 is 0 Å². The fourth-order valence-corrected chi connectivity index (χ4v) is 2.09. The van der Waals surface area contributed by atoms with Gasteiger partial charge < -0.3 is 0 Å². The molecule has 0 aromatic carbocycles. The highest BCUT2D eigenvalue weighted by Gasteiger charge is 2.08. The number of hydrogen-bond donors (Lipinski definition) is 0. The molecule has 1 aliphatic carbocycles. The van der Waals surface area contributed by atoms with Crippen LogP contribution in [0.1, 0.15) is 58.3 Å². The lowest BCUT2D eigenvalue weighted by atomic mass is 9.93. The highest BCUT2D eigenvalue weighted by atomic mass is 14.1. The van der Waals surface area contributed by atoms with Crippen LogP contribution in [0.4, 0.5) is 0 Å². The molecule has 0 nitrogen and oxygen atoms in total. The van der Waals surface area contributed by atoms with Gasteiger partial charge in [0.05, 0.1) is 0 Å². The fraction of sp³-hybridized carbons (Fsp3) is 0.769. The summed E-state index contributed by atoms with van der Waals surface area (Å²) in [5.41, 5.74) is 0. The fourth-order valence-electron chi connectivity index (χ4n) is 2.09. The second-order valence-corrected chi connectivity index (χ2v) is 4.19. The molecule has 0 amide bonds. The lowest BCUT2D eigenvalue weighted by molar-refractivity contribution is 0.463. The summed E-state index contributed by atoms with van der Waals surface area (Å²) in [5.74, 6) is 0.939. The average molecular weight is 179 g/mol. The summed E-state index contributed by atoms with van der Waals surface area (Å²) in [6.07, 6.45) is 18.3. The summed E-state index contributed by atoms with van der Waals surface area (Å²) in [5, 5.41) is 0. The molecule has 0 N–H and O–H groups in total. The topological polar surface area (TPSA) is 0 Å². The molecule has 0 heterocycles. The Morgan fingerprint density at radius 3 is 2.92 bits per heavy atom. The molecular formula is C13H23. The summed E-state index contributed by atoms with van der Waals surface area (Å²) in [6, 6.07) is 0. The van der Waals surface area contributed by atoms with Crippen LogP contribution in [0, 0.1) is 12.3 Å². The molecule has 1 fully saturated rings. The van der Waals surface area contributed by atoms with E-state index in [1.807, 2.05) is 0 Å². The Bertz CT molecular complexity index is 125. The first-order chi connectivity index (χ1) is 6.43. The van der Waals surface area contributed by atoms with E-state index in [0.29, 0.717) is 0 Å². The second-order valence-electron chi connectivity index (χ2n) is 4.19. The number of allylic oxidation sites excluding steroid dienone is 2. The average Bonchev–Trinajstić information content (AvgIpc) is 2.28. The Morgan fingerprint density at radius 1 is 1.23 bits per heavy atom. The van der Waals surface area contributed by atoms with Crippen molar-refractivity contribution < 1.29 is 0 Å². The molecule has 13 heavy (non-hydrogen) atoms. The largest absolute Gasteiger partial charge is 0.0917 e. The first-order valence-electron chi connectivity index (χ1n) is 5.86. The van der Waals surface area contributed by atoms with Gasteiger partial charge in [0.1, 0.15) is 0 Å². The molecule has 0 spiro atoms. The minimum atomic E-state index is 0.939. The van der Waals surface area contributed by atoms with E-state index in [9.17, 15) is 0 Å². The third-order valence-corrected chi connectivity index (χ3v) is 2.98. The third-order valence-electron chi connectivity index (χ3n) is 2.98. The van der Waals surface area contributed by atoms with Crippen LogP contribution in [0.25, 0.3) is 0 Å². The van der Waals surface area contributed by atoms with Crippen molar-refractivity contribution in [2.45, 2.75) is 58.3 Å². The van der Waals surface area contributed by atoms with Crippen LogP contribution >= 0.6 is 0 Å². The number of hydrogen-bond acceptors (Lipinski definition) is 0.